The molecule has 1 aromatic heterocycles. The molecule has 0 atom stereocenters. The molecule has 0 unspecified atom stereocenters. The van der Waals surface area contributed by atoms with Crippen LogP contribution in [0.3, 0.4) is 0 Å². The maximum absolute atomic E-state index is 12.2. The molecule has 1 N–H and O–H groups in total. The predicted molar refractivity (Wildman–Crippen MR) is 71.9 cm³/mol. The molecule has 5 heteroatoms. The van der Waals surface area contributed by atoms with Crippen molar-refractivity contribution in [3.05, 3.63) is 60.9 Å². The van der Waals surface area contributed by atoms with E-state index in [2.05, 4.69) is 4.98 Å². The summed E-state index contributed by atoms with van der Waals surface area (Å²) in [6.07, 6.45) is 0. The highest BCUT2D eigenvalue weighted by Gasteiger charge is 2.13. The van der Waals surface area contributed by atoms with Gasteiger partial charge in [-0.05, 0) is 31.9 Å². The van der Waals surface area contributed by atoms with Crippen molar-refractivity contribution >= 4 is 11.6 Å². The highest BCUT2D eigenvalue weighted by atomic mass is 35.5. The first-order valence-electron chi connectivity index (χ1n) is 5.51. The third kappa shape index (κ3) is 1.88. The number of para-hydroxylation sites is 1. The number of aromatic nitrogens is 2. The van der Waals surface area contributed by atoms with Crippen molar-refractivity contribution in [1.82, 2.24) is 9.55 Å². The van der Waals surface area contributed by atoms with E-state index in [0.29, 0.717) is 11.3 Å². The average Bonchev–Trinajstić information content (AvgIpc) is 2.30. The molecular formula is C13H13ClN2O2. The van der Waals surface area contributed by atoms with Gasteiger partial charge in [-0.15, -0.1) is 0 Å². The second kappa shape index (κ2) is 4.46. The minimum Gasteiger partial charge on any atom is -0.297 e. The topological polar surface area (TPSA) is 54.9 Å². The van der Waals surface area contributed by atoms with E-state index >= 15 is 0 Å². The molecule has 0 amide bonds. The molecule has 4 nitrogen and oxygen atoms in total. The minimum absolute atomic E-state index is 0.0903. The molecule has 0 bridgehead atoms. The number of benzene rings is 1. The Morgan fingerprint density at radius 3 is 2.22 bits per heavy atom. The third-order valence-corrected chi connectivity index (χ3v) is 3.31. The van der Waals surface area contributed by atoms with Gasteiger partial charge in [0.1, 0.15) is 5.15 Å². The maximum atomic E-state index is 12.2. The number of halogens is 1. The quantitative estimate of drug-likeness (QED) is 0.802. The van der Waals surface area contributed by atoms with Gasteiger partial charge in [0.2, 0.25) is 0 Å². The standard InChI is InChI=1S/C13H13ClN2O2/c1-7-5-4-6-8(2)10(7)16-12(17)9(3)11(14)15-13(16)18/h4-6H,1-3H3,(H,15,18). The number of rotatable bonds is 1. The van der Waals surface area contributed by atoms with Crippen molar-refractivity contribution in [1.29, 1.82) is 0 Å². The van der Waals surface area contributed by atoms with Crippen LogP contribution < -0.4 is 11.2 Å². The molecule has 0 saturated heterocycles. The third-order valence-electron chi connectivity index (χ3n) is 2.94. The first kappa shape index (κ1) is 12.6. The SMILES string of the molecule is Cc1cccc(C)c1-n1c(=O)[nH]c(Cl)c(C)c1=O. The van der Waals surface area contributed by atoms with E-state index in [1.807, 2.05) is 32.0 Å². The van der Waals surface area contributed by atoms with Crippen molar-refractivity contribution in [3.63, 3.8) is 0 Å². The van der Waals surface area contributed by atoms with E-state index in [9.17, 15) is 9.59 Å². The number of H-pyrrole nitrogens is 1. The number of aryl methyl sites for hydroxylation is 2. The Balaban J connectivity index is 2.94. The first-order chi connectivity index (χ1) is 8.43. The summed E-state index contributed by atoms with van der Waals surface area (Å²) in [5.41, 5.74) is 1.77. The fraction of sp³-hybridized carbons (Fsp3) is 0.231. The monoisotopic (exact) mass is 264 g/mol. The minimum atomic E-state index is -0.520. The second-order valence-corrected chi connectivity index (χ2v) is 4.63. The van der Waals surface area contributed by atoms with Crippen LogP contribution in [-0.4, -0.2) is 9.55 Å². The van der Waals surface area contributed by atoms with Crippen LogP contribution in [0.2, 0.25) is 5.15 Å². The van der Waals surface area contributed by atoms with Gasteiger partial charge in [0, 0.05) is 0 Å². The fourth-order valence-electron chi connectivity index (χ4n) is 1.96. The summed E-state index contributed by atoms with van der Waals surface area (Å²) in [6, 6.07) is 5.60. The summed E-state index contributed by atoms with van der Waals surface area (Å²) in [4.78, 5) is 26.6. The van der Waals surface area contributed by atoms with Crippen molar-refractivity contribution in [3.8, 4) is 5.69 Å². The van der Waals surface area contributed by atoms with Gasteiger partial charge < -0.3 is 0 Å². The van der Waals surface area contributed by atoms with Gasteiger partial charge in [-0.3, -0.25) is 9.78 Å². The molecule has 0 aliphatic heterocycles. The van der Waals surface area contributed by atoms with Gasteiger partial charge in [0.15, 0.2) is 0 Å². The van der Waals surface area contributed by atoms with E-state index in [1.165, 1.54) is 0 Å². The van der Waals surface area contributed by atoms with Gasteiger partial charge in [-0.1, -0.05) is 29.8 Å². The highest BCUT2D eigenvalue weighted by Crippen LogP contribution is 2.16. The lowest BCUT2D eigenvalue weighted by molar-refractivity contribution is 0.848. The van der Waals surface area contributed by atoms with Gasteiger partial charge in [-0.25, -0.2) is 9.36 Å². The average molecular weight is 265 g/mol. The molecule has 0 spiro atoms. The van der Waals surface area contributed by atoms with E-state index in [4.69, 9.17) is 11.6 Å². The van der Waals surface area contributed by atoms with Crippen LogP contribution in [0.5, 0.6) is 0 Å². The molecule has 0 aliphatic carbocycles. The molecule has 0 fully saturated rings. The van der Waals surface area contributed by atoms with Crippen molar-refractivity contribution in [2.45, 2.75) is 20.8 Å². The molecule has 0 aliphatic rings. The molecule has 94 valence electrons. The lowest BCUT2D eigenvalue weighted by Crippen LogP contribution is -2.36. The summed E-state index contributed by atoms with van der Waals surface area (Å²) in [6.45, 7) is 5.31. The van der Waals surface area contributed by atoms with Crippen LogP contribution in [0.15, 0.2) is 27.8 Å². The first-order valence-corrected chi connectivity index (χ1v) is 5.89. The van der Waals surface area contributed by atoms with Crippen LogP contribution in [0.25, 0.3) is 5.69 Å². The van der Waals surface area contributed by atoms with E-state index in [1.54, 1.807) is 6.92 Å². The Morgan fingerprint density at radius 2 is 1.67 bits per heavy atom. The molecule has 1 aromatic carbocycles. The molecule has 1 heterocycles. The number of nitrogens with zero attached hydrogens (tertiary/aromatic N) is 1. The van der Waals surface area contributed by atoms with Gasteiger partial charge in [0.05, 0.1) is 11.3 Å². The summed E-state index contributed by atoms with van der Waals surface area (Å²) >= 11 is 5.79. The Labute approximate surface area is 109 Å². The Bertz CT molecular complexity index is 708. The summed E-state index contributed by atoms with van der Waals surface area (Å²) in [7, 11) is 0. The van der Waals surface area contributed by atoms with Crippen LogP contribution in [0, 0.1) is 20.8 Å². The number of hydrogen-bond acceptors (Lipinski definition) is 2. The van der Waals surface area contributed by atoms with E-state index < -0.39 is 5.69 Å². The lowest BCUT2D eigenvalue weighted by atomic mass is 10.1. The Hall–Kier alpha value is -1.81. The smallest absolute Gasteiger partial charge is 0.297 e. The highest BCUT2D eigenvalue weighted by molar-refractivity contribution is 6.30. The summed E-state index contributed by atoms with van der Waals surface area (Å²) in [5, 5.41) is 0.0903. The van der Waals surface area contributed by atoms with E-state index in [0.717, 1.165) is 15.7 Å². The predicted octanol–water partition coefficient (Wildman–Crippen LogP) is 2.10. The molecule has 2 aromatic rings. The number of aromatic amines is 1. The fourth-order valence-corrected chi connectivity index (χ4v) is 2.12. The zero-order valence-corrected chi connectivity index (χ0v) is 11.1. The largest absolute Gasteiger partial charge is 0.334 e. The Kier molecular flexibility index (Phi) is 3.13. The zero-order chi connectivity index (χ0) is 13.4. The van der Waals surface area contributed by atoms with Crippen LogP contribution in [0.1, 0.15) is 16.7 Å². The van der Waals surface area contributed by atoms with Gasteiger partial charge >= 0.3 is 5.69 Å². The van der Waals surface area contributed by atoms with Crippen molar-refractivity contribution < 1.29 is 0 Å². The maximum Gasteiger partial charge on any atom is 0.334 e. The Morgan fingerprint density at radius 1 is 1.11 bits per heavy atom. The zero-order valence-electron chi connectivity index (χ0n) is 10.4. The van der Waals surface area contributed by atoms with Gasteiger partial charge in [0.25, 0.3) is 5.56 Å². The van der Waals surface area contributed by atoms with Gasteiger partial charge in [-0.2, -0.15) is 0 Å². The second-order valence-electron chi connectivity index (χ2n) is 4.25. The van der Waals surface area contributed by atoms with Crippen LogP contribution >= 0.6 is 11.6 Å². The number of hydrogen-bond donors (Lipinski definition) is 1. The summed E-state index contributed by atoms with van der Waals surface area (Å²) < 4.78 is 1.13. The summed E-state index contributed by atoms with van der Waals surface area (Å²) in [5.74, 6) is 0. The van der Waals surface area contributed by atoms with Crippen LogP contribution in [-0.2, 0) is 0 Å². The number of nitrogens with one attached hydrogen (secondary N) is 1. The molecule has 0 saturated carbocycles. The lowest BCUT2D eigenvalue weighted by Gasteiger charge is -2.12. The molecule has 2 rings (SSSR count). The van der Waals surface area contributed by atoms with E-state index in [-0.39, 0.29) is 10.7 Å². The molecule has 18 heavy (non-hydrogen) atoms. The molecule has 0 radical (unpaired) electrons. The molecular weight excluding hydrogens is 252 g/mol. The normalized spacial score (nSPS) is 10.7. The van der Waals surface area contributed by atoms with Crippen LogP contribution in [0.4, 0.5) is 0 Å². The van der Waals surface area contributed by atoms with Crippen molar-refractivity contribution in [2.24, 2.45) is 0 Å². The van der Waals surface area contributed by atoms with Crippen molar-refractivity contribution in [2.75, 3.05) is 0 Å².